The molecule has 0 bridgehead atoms. The lowest BCUT2D eigenvalue weighted by atomic mass is 10.0. The average Bonchev–Trinajstić information content (AvgIpc) is 3.04. The molecule has 0 atom stereocenters. The van der Waals surface area contributed by atoms with Crippen molar-refractivity contribution in [3.63, 3.8) is 0 Å². The van der Waals surface area contributed by atoms with Crippen molar-refractivity contribution < 1.29 is 8.42 Å². The lowest BCUT2D eigenvalue weighted by Gasteiger charge is -2.36. The van der Waals surface area contributed by atoms with Crippen LogP contribution in [0.1, 0.15) is 30.9 Å². The summed E-state index contributed by atoms with van der Waals surface area (Å²) in [6.07, 6.45) is 2.95. The molecule has 2 aliphatic rings. The van der Waals surface area contributed by atoms with Crippen molar-refractivity contribution in [2.45, 2.75) is 38.8 Å². The van der Waals surface area contributed by atoms with Gasteiger partial charge in [0.2, 0.25) is 10.0 Å². The summed E-state index contributed by atoms with van der Waals surface area (Å²) in [5.41, 5.74) is 4.11. The van der Waals surface area contributed by atoms with E-state index in [9.17, 15) is 8.42 Å². The van der Waals surface area contributed by atoms with Crippen LogP contribution in [-0.4, -0.2) is 56.1 Å². The van der Waals surface area contributed by atoms with E-state index in [0.717, 1.165) is 45.4 Å². The van der Waals surface area contributed by atoms with Gasteiger partial charge in [-0.1, -0.05) is 18.2 Å². The number of benzene rings is 1. The molecule has 1 aromatic rings. The maximum Gasteiger partial charge on any atom is 0.213 e. The molecular formula is C17H27N3O2S. The predicted octanol–water partition coefficient (Wildman–Crippen LogP) is 1.90. The van der Waals surface area contributed by atoms with E-state index in [1.165, 1.54) is 16.8 Å². The molecule has 23 heavy (non-hydrogen) atoms. The summed E-state index contributed by atoms with van der Waals surface area (Å²) < 4.78 is 25.6. The van der Waals surface area contributed by atoms with Gasteiger partial charge in [-0.3, -0.25) is 4.90 Å². The molecule has 3 rings (SSSR count). The van der Waals surface area contributed by atoms with Gasteiger partial charge in [-0.05, 0) is 37.3 Å². The second kappa shape index (κ2) is 6.79. The number of hydrogen-bond donors (Lipinski definition) is 1. The molecule has 6 heteroatoms. The quantitative estimate of drug-likeness (QED) is 0.892. The Balaban J connectivity index is 1.59. The van der Waals surface area contributed by atoms with Crippen molar-refractivity contribution in [1.29, 1.82) is 0 Å². The highest BCUT2D eigenvalue weighted by Crippen LogP contribution is 2.28. The highest BCUT2D eigenvalue weighted by atomic mass is 32.2. The summed E-state index contributed by atoms with van der Waals surface area (Å²) in [6.45, 7) is 5.61. The van der Waals surface area contributed by atoms with Gasteiger partial charge in [-0.25, -0.2) is 12.7 Å². The van der Waals surface area contributed by atoms with E-state index >= 15 is 0 Å². The van der Waals surface area contributed by atoms with Crippen molar-refractivity contribution in [2.24, 2.45) is 0 Å². The molecule has 0 saturated carbocycles. The molecule has 2 aliphatic heterocycles. The summed E-state index contributed by atoms with van der Waals surface area (Å²) in [6, 6.07) is 6.71. The molecule has 0 unspecified atom stereocenters. The largest absolute Gasteiger partial charge is 0.384 e. The van der Waals surface area contributed by atoms with Crippen LogP contribution >= 0.6 is 0 Å². The van der Waals surface area contributed by atoms with E-state index in [1.54, 1.807) is 18.3 Å². The van der Waals surface area contributed by atoms with Crippen LogP contribution in [0.3, 0.4) is 0 Å². The Morgan fingerprint density at radius 1 is 1.30 bits per heavy atom. The first-order valence-corrected chi connectivity index (χ1v) is 10.1. The molecule has 0 aliphatic carbocycles. The van der Waals surface area contributed by atoms with Gasteiger partial charge in [-0.2, -0.15) is 0 Å². The van der Waals surface area contributed by atoms with Gasteiger partial charge in [0.05, 0.1) is 5.75 Å². The molecule has 0 radical (unpaired) electrons. The smallest absolute Gasteiger partial charge is 0.213 e. The van der Waals surface area contributed by atoms with E-state index in [4.69, 9.17) is 0 Å². The van der Waals surface area contributed by atoms with Gasteiger partial charge >= 0.3 is 0 Å². The molecule has 0 spiro atoms. The van der Waals surface area contributed by atoms with Gasteiger partial charge in [0, 0.05) is 45.0 Å². The van der Waals surface area contributed by atoms with Crippen molar-refractivity contribution >= 4 is 15.7 Å². The molecule has 1 aromatic carbocycles. The number of hydrogen-bond acceptors (Lipinski definition) is 4. The zero-order chi connectivity index (χ0) is 16.4. The fourth-order valence-electron chi connectivity index (χ4n) is 3.66. The van der Waals surface area contributed by atoms with Crippen molar-refractivity contribution in [2.75, 3.05) is 37.8 Å². The summed E-state index contributed by atoms with van der Waals surface area (Å²) in [5.74, 6) is 0.186. The standard InChI is InChI=1S/C17H27N3O2S/c1-3-23(21,22)19(2)16-8-11-20(12-9-16)13-15-6-4-5-14-7-10-18-17(14)15/h4-6,16,18H,3,7-13H2,1-2H3. The van der Waals surface area contributed by atoms with Gasteiger partial charge in [-0.15, -0.1) is 0 Å². The van der Waals surface area contributed by atoms with Crippen LogP contribution in [0.25, 0.3) is 0 Å². The number of para-hydroxylation sites is 1. The summed E-state index contributed by atoms with van der Waals surface area (Å²) in [5, 5.41) is 3.50. The SMILES string of the molecule is CCS(=O)(=O)N(C)C1CCN(Cc2cccc3c2NCC3)CC1. The zero-order valence-corrected chi connectivity index (χ0v) is 14.9. The van der Waals surface area contributed by atoms with E-state index in [-0.39, 0.29) is 11.8 Å². The molecule has 128 valence electrons. The number of anilines is 1. The average molecular weight is 337 g/mol. The van der Waals surface area contributed by atoms with Crippen molar-refractivity contribution in [1.82, 2.24) is 9.21 Å². The lowest BCUT2D eigenvalue weighted by Crippen LogP contribution is -2.45. The summed E-state index contributed by atoms with van der Waals surface area (Å²) >= 11 is 0. The number of piperidine rings is 1. The van der Waals surface area contributed by atoms with Gasteiger partial charge in [0.15, 0.2) is 0 Å². The van der Waals surface area contributed by atoms with Crippen LogP contribution in [0, 0.1) is 0 Å². The van der Waals surface area contributed by atoms with Gasteiger partial charge in [0.25, 0.3) is 0 Å². The Hall–Kier alpha value is -1.11. The van der Waals surface area contributed by atoms with Crippen LogP contribution in [0.5, 0.6) is 0 Å². The minimum absolute atomic E-state index is 0.149. The second-order valence-corrected chi connectivity index (χ2v) is 8.87. The number of likely N-dealkylation sites (tertiary alicyclic amines) is 1. The first-order valence-electron chi connectivity index (χ1n) is 8.54. The molecule has 2 heterocycles. The van der Waals surface area contributed by atoms with Crippen LogP contribution in [0.2, 0.25) is 0 Å². The Morgan fingerprint density at radius 2 is 2.04 bits per heavy atom. The predicted molar refractivity (Wildman–Crippen MR) is 94.2 cm³/mol. The van der Waals surface area contributed by atoms with Crippen LogP contribution in [0.15, 0.2) is 18.2 Å². The number of nitrogens with one attached hydrogen (secondary N) is 1. The minimum atomic E-state index is -3.08. The molecule has 5 nitrogen and oxygen atoms in total. The zero-order valence-electron chi connectivity index (χ0n) is 14.1. The maximum absolute atomic E-state index is 12.0. The highest BCUT2D eigenvalue weighted by molar-refractivity contribution is 7.89. The molecule has 1 saturated heterocycles. The molecule has 1 fully saturated rings. The number of fused-ring (bicyclic) bond motifs is 1. The van der Waals surface area contributed by atoms with Crippen molar-refractivity contribution in [3.8, 4) is 0 Å². The van der Waals surface area contributed by atoms with Crippen LogP contribution in [0.4, 0.5) is 5.69 Å². The molecule has 0 aromatic heterocycles. The maximum atomic E-state index is 12.0. The van der Waals surface area contributed by atoms with E-state index in [0.29, 0.717) is 0 Å². The van der Waals surface area contributed by atoms with Gasteiger partial charge in [0.1, 0.15) is 0 Å². The number of rotatable bonds is 5. The van der Waals surface area contributed by atoms with E-state index in [2.05, 4.69) is 28.4 Å². The van der Waals surface area contributed by atoms with Crippen molar-refractivity contribution in [3.05, 3.63) is 29.3 Å². The Bertz CT molecular complexity index is 652. The monoisotopic (exact) mass is 337 g/mol. The Morgan fingerprint density at radius 3 is 2.74 bits per heavy atom. The minimum Gasteiger partial charge on any atom is -0.384 e. The number of sulfonamides is 1. The molecule has 1 N–H and O–H groups in total. The molecule has 0 amide bonds. The first kappa shape index (κ1) is 16.7. The lowest BCUT2D eigenvalue weighted by molar-refractivity contribution is 0.164. The van der Waals surface area contributed by atoms with E-state index in [1.807, 2.05) is 0 Å². The summed E-state index contributed by atoms with van der Waals surface area (Å²) in [7, 11) is -1.35. The fourth-order valence-corrected chi connectivity index (χ4v) is 4.73. The third kappa shape index (κ3) is 3.54. The fraction of sp³-hybridized carbons (Fsp3) is 0.647. The highest BCUT2D eigenvalue weighted by Gasteiger charge is 2.29. The molecular weight excluding hydrogens is 310 g/mol. The van der Waals surface area contributed by atoms with Crippen LogP contribution < -0.4 is 5.32 Å². The first-order chi connectivity index (χ1) is 11.0. The Labute approximate surface area is 139 Å². The normalized spacial score (nSPS) is 19.8. The van der Waals surface area contributed by atoms with E-state index < -0.39 is 10.0 Å². The third-order valence-corrected chi connectivity index (χ3v) is 7.11. The topological polar surface area (TPSA) is 52.7 Å². The van der Waals surface area contributed by atoms with Gasteiger partial charge < -0.3 is 5.32 Å². The Kier molecular flexibility index (Phi) is 4.94. The summed E-state index contributed by atoms with van der Waals surface area (Å²) in [4.78, 5) is 2.44. The van der Waals surface area contributed by atoms with Crippen LogP contribution in [-0.2, 0) is 23.0 Å². The second-order valence-electron chi connectivity index (χ2n) is 6.55. The third-order valence-electron chi connectivity index (χ3n) is 5.20. The number of nitrogens with zero attached hydrogens (tertiary/aromatic N) is 2.